The molecule has 0 amide bonds. The first-order valence-corrected chi connectivity index (χ1v) is 6.96. The second kappa shape index (κ2) is 8.87. The Balaban J connectivity index is 2.70. The summed E-state index contributed by atoms with van der Waals surface area (Å²) in [5, 5.41) is 3.04. The zero-order valence-corrected chi connectivity index (χ0v) is 12.3. The van der Waals surface area contributed by atoms with E-state index in [1.807, 2.05) is 13.8 Å². The van der Waals surface area contributed by atoms with Crippen LogP contribution in [0.3, 0.4) is 0 Å². The van der Waals surface area contributed by atoms with E-state index in [0.29, 0.717) is 25.3 Å². The largest absolute Gasteiger partial charge is 0.484 e. The molecular weight excluding hydrogens is 264 g/mol. The molecule has 0 bridgehead atoms. The van der Waals surface area contributed by atoms with Crippen LogP contribution >= 0.6 is 0 Å². The Morgan fingerprint density at radius 2 is 1.75 bits per heavy atom. The standard InChI is InChI=1S/C15H23F2NO2/c1-4-12(5-2)20-15-13(16)8-11(9-14(15)17)10-18-6-7-19-3/h8-9,12,18H,4-7,10H2,1-3H3. The maximum atomic E-state index is 13.9. The summed E-state index contributed by atoms with van der Waals surface area (Å²) in [5.41, 5.74) is 0.549. The van der Waals surface area contributed by atoms with Gasteiger partial charge in [-0.15, -0.1) is 0 Å². The molecule has 0 aliphatic rings. The van der Waals surface area contributed by atoms with Crippen molar-refractivity contribution in [2.75, 3.05) is 20.3 Å². The van der Waals surface area contributed by atoms with Gasteiger partial charge in [0.1, 0.15) is 0 Å². The Morgan fingerprint density at radius 1 is 1.15 bits per heavy atom. The highest BCUT2D eigenvalue weighted by atomic mass is 19.1. The minimum Gasteiger partial charge on any atom is -0.484 e. The van der Waals surface area contributed by atoms with E-state index in [-0.39, 0.29) is 11.9 Å². The van der Waals surface area contributed by atoms with Crippen molar-refractivity contribution in [1.82, 2.24) is 5.32 Å². The van der Waals surface area contributed by atoms with Crippen LogP contribution in [0.5, 0.6) is 5.75 Å². The van der Waals surface area contributed by atoms with Crippen LogP contribution < -0.4 is 10.1 Å². The van der Waals surface area contributed by atoms with Gasteiger partial charge in [-0.3, -0.25) is 0 Å². The van der Waals surface area contributed by atoms with Crippen LogP contribution in [0, 0.1) is 11.6 Å². The molecule has 0 spiro atoms. The third-order valence-corrected chi connectivity index (χ3v) is 3.07. The van der Waals surface area contributed by atoms with Crippen LogP contribution in [0.25, 0.3) is 0 Å². The maximum absolute atomic E-state index is 13.9. The van der Waals surface area contributed by atoms with Crippen LogP contribution in [0.2, 0.25) is 0 Å². The fraction of sp³-hybridized carbons (Fsp3) is 0.600. The van der Waals surface area contributed by atoms with Gasteiger partial charge in [0.2, 0.25) is 0 Å². The lowest BCUT2D eigenvalue weighted by Gasteiger charge is -2.17. The average molecular weight is 287 g/mol. The molecule has 0 saturated carbocycles. The summed E-state index contributed by atoms with van der Waals surface area (Å²) in [7, 11) is 1.60. The summed E-state index contributed by atoms with van der Waals surface area (Å²) < 4.78 is 38.1. The molecule has 0 radical (unpaired) electrons. The monoisotopic (exact) mass is 287 g/mol. The van der Waals surface area contributed by atoms with Crippen LogP contribution in [-0.2, 0) is 11.3 Å². The number of ether oxygens (including phenoxy) is 2. The highest BCUT2D eigenvalue weighted by Gasteiger charge is 2.16. The minimum absolute atomic E-state index is 0.162. The smallest absolute Gasteiger partial charge is 0.191 e. The molecule has 0 heterocycles. The topological polar surface area (TPSA) is 30.5 Å². The molecule has 0 unspecified atom stereocenters. The molecule has 3 nitrogen and oxygen atoms in total. The Kier molecular flexibility index (Phi) is 7.47. The number of nitrogens with one attached hydrogen (secondary N) is 1. The quantitative estimate of drug-likeness (QED) is 0.707. The van der Waals surface area contributed by atoms with Crippen LogP contribution in [-0.4, -0.2) is 26.4 Å². The summed E-state index contributed by atoms with van der Waals surface area (Å²) >= 11 is 0. The van der Waals surface area contributed by atoms with Gasteiger partial charge in [-0.05, 0) is 30.5 Å². The van der Waals surface area contributed by atoms with Crippen molar-refractivity contribution >= 4 is 0 Å². The highest BCUT2D eigenvalue weighted by Crippen LogP contribution is 2.25. The lowest BCUT2D eigenvalue weighted by Crippen LogP contribution is -2.19. The average Bonchev–Trinajstić information content (AvgIpc) is 2.43. The maximum Gasteiger partial charge on any atom is 0.191 e. The molecule has 0 aliphatic carbocycles. The lowest BCUT2D eigenvalue weighted by molar-refractivity contribution is 0.175. The lowest BCUT2D eigenvalue weighted by atomic mass is 10.2. The fourth-order valence-electron chi connectivity index (χ4n) is 1.86. The summed E-state index contributed by atoms with van der Waals surface area (Å²) in [6.07, 6.45) is 1.27. The molecule has 0 aliphatic heterocycles. The number of hydrogen-bond donors (Lipinski definition) is 1. The van der Waals surface area contributed by atoms with Crippen molar-refractivity contribution in [2.24, 2.45) is 0 Å². The zero-order valence-electron chi connectivity index (χ0n) is 12.3. The Labute approximate surface area is 119 Å². The van der Waals surface area contributed by atoms with Crippen molar-refractivity contribution < 1.29 is 18.3 Å². The van der Waals surface area contributed by atoms with Crippen molar-refractivity contribution in [3.05, 3.63) is 29.3 Å². The van der Waals surface area contributed by atoms with Gasteiger partial charge in [0.05, 0.1) is 12.7 Å². The first kappa shape index (κ1) is 16.9. The van der Waals surface area contributed by atoms with E-state index in [1.165, 1.54) is 12.1 Å². The predicted octanol–water partition coefficient (Wildman–Crippen LogP) is 3.27. The SMILES string of the molecule is CCC(CC)Oc1c(F)cc(CNCCOC)cc1F. The van der Waals surface area contributed by atoms with E-state index in [2.05, 4.69) is 5.32 Å². The Morgan fingerprint density at radius 3 is 2.25 bits per heavy atom. The number of hydrogen-bond acceptors (Lipinski definition) is 3. The van der Waals surface area contributed by atoms with Gasteiger partial charge >= 0.3 is 0 Å². The number of halogens is 2. The van der Waals surface area contributed by atoms with Gasteiger partial charge in [-0.25, -0.2) is 8.78 Å². The molecule has 1 rings (SSSR count). The summed E-state index contributed by atoms with van der Waals surface area (Å²) in [5.74, 6) is -1.58. The van der Waals surface area contributed by atoms with Crippen molar-refractivity contribution in [2.45, 2.75) is 39.3 Å². The van der Waals surface area contributed by atoms with E-state index < -0.39 is 11.6 Å². The molecule has 0 fully saturated rings. The van der Waals surface area contributed by atoms with Gasteiger partial charge in [0.15, 0.2) is 17.4 Å². The highest BCUT2D eigenvalue weighted by molar-refractivity contribution is 5.31. The molecule has 114 valence electrons. The zero-order chi connectivity index (χ0) is 15.0. The Bertz CT molecular complexity index is 386. The molecule has 0 atom stereocenters. The van der Waals surface area contributed by atoms with E-state index in [9.17, 15) is 8.78 Å². The third-order valence-electron chi connectivity index (χ3n) is 3.07. The second-order valence-corrected chi connectivity index (χ2v) is 4.61. The van der Waals surface area contributed by atoms with E-state index >= 15 is 0 Å². The normalized spacial score (nSPS) is 11.1. The Hall–Kier alpha value is -1.20. The molecule has 0 aromatic heterocycles. The number of methoxy groups -OCH3 is 1. The molecular formula is C15H23F2NO2. The van der Waals surface area contributed by atoms with Crippen molar-refractivity contribution in [3.8, 4) is 5.75 Å². The van der Waals surface area contributed by atoms with Crippen LogP contribution in [0.4, 0.5) is 8.78 Å². The molecule has 1 aromatic carbocycles. The molecule has 5 heteroatoms. The van der Waals surface area contributed by atoms with E-state index in [1.54, 1.807) is 7.11 Å². The van der Waals surface area contributed by atoms with E-state index in [0.717, 1.165) is 12.8 Å². The second-order valence-electron chi connectivity index (χ2n) is 4.61. The van der Waals surface area contributed by atoms with Crippen LogP contribution in [0.1, 0.15) is 32.3 Å². The van der Waals surface area contributed by atoms with Crippen molar-refractivity contribution in [1.29, 1.82) is 0 Å². The molecule has 1 aromatic rings. The summed E-state index contributed by atoms with van der Waals surface area (Å²) in [4.78, 5) is 0. The first-order valence-electron chi connectivity index (χ1n) is 6.96. The van der Waals surface area contributed by atoms with E-state index in [4.69, 9.17) is 9.47 Å². The molecule has 0 saturated heterocycles. The first-order chi connectivity index (χ1) is 9.62. The minimum atomic E-state index is -0.652. The van der Waals surface area contributed by atoms with Crippen LogP contribution in [0.15, 0.2) is 12.1 Å². The van der Waals surface area contributed by atoms with Gasteiger partial charge < -0.3 is 14.8 Å². The van der Waals surface area contributed by atoms with Gasteiger partial charge in [0, 0.05) is 20.2 Å². The van der Waals surface area contributed by atoms with Gasteiger partial charge in [-0.1, -0.05) is 13.8 Å². The predicted molar refractivity (Wildman–Crippen MR) is 74.9 cm³/mol. The molecule has 1 N–H and O–H groups in total. The summed E-state index contributed by atoms with van der Waals surface area (Å²) in [6.45, 7) is 5.44. The summed E-state index contributed by atoms with van der Waals surface area (Å²) in [6, 6.07) is 2.61. The van der Waals surface area contributed by atoms with Gasteiger partial charge in [0.25, 0.3) is 0 Å². The third kappa shape index (κ3) is 5.06. The fourth-order valence-corrected chi connectivity index (χ4v) is 1.86. The number of rotatable bonds is 9. The molecule has 20 heavy (non-hydrogen) atoms. The number of benzene rings is 1. The van der Waals surface area contributed by atoms with Gasteiger partial charge in [-0.2, -0.15) is 0 Å². The van der Waals surface area contributed by atoms with Crippen molar-refractivity contribution in [3.63, 3.8) is 0 Å².